The Bertz CT molecular complexity index is 919. The van der Waals surface area contributed by atoms with Gasteiger partial charge in [-0.15, -0.1) is 0 Å². The number of nitrogens with two attached hydrogens (primary N) is 2. The number of aliphatic imine (C=N–C) groups is 1. The molecule has 0 radical (unpaired) electrons. The minimum Gasteiger partial charge on any atom is -0.480 e. The maximum atomic E-state index is 12.2. The molecular weight excluding hydrogens is 410 g/mol. The number of nitrogens with one attached hydrogen (secondary N) is 2. The van der Waals surface area contributed by atoms with Gasteiger partial charge in [-0.3, -0.25) is 9.59 Å². The Kier molecular flexibility index (Phi) is 7.05. The number of ether oxygens (including phenoxy) is 2. The first-order valence-electron chi connectivity index (χ1n) is 9.29. The van der Waals surface area contributed by atoms with Gasteiger partial charge < -0.3 is 36.7 Å². The number of nitrogens with zero attached hydrogens (tertiary/aromatic N) is 1. The molecular formula is C19H25N5O7. The Morgan fingerprint density at radius 2 is 2.00 bits per heavy atom. The van der Waals surface area contributed by atoms with Crippen molar-refractivity contribution < 1.29 is 33.8 Å². The van der Waals surface area contributed by atoms with Gasteiger partial charge in [0.25, 0.3) is 11.8 Å². The van der Waals surface area contributed by atoms with Crippen LogP contribution < -0.4 is 26.8 Å². The summed E-state index contributed by atoms with van der Waals surface area (Å²) in [6.45, 7) is 4.98. The van der Waals surface area contributed by atoms with E-state index in [2.05, 4.69) is 15.6 Å². The van der Waals surface area contributed by atoms with E-state index < -0.39 is 47.6 Å². The van der Waals surface area contributed by atoms with Crippen LogP contribution in [0.15, 0.2) is 23.2 Å². The lowest BCUT2D eigenvalue weighted by atomic mass is 10.0. The zero-order valence-electron chi connectivity index (χ0n) is 17.3. The highest BCUT2D eigenvalue weighted by molar-refractivity contribution is 6.01. The summed E-state index contributed by atoms with van der Waals surface area (Å²) >= 11 is 0. The number of alkyl carbamates (subject to hydrolysis) is 1. The van der Waals surface area contributed by atoms with Crippen molar-refractivity contribution in [2.75, 3.05) is 5.32 Å². The van der Waals surface area contributed by atoms with Crippen LogP contribution in [-0.2, 0) is 25.5 Å². The predicted molar refractivity (Wildman–Crippen MR) is 109 cm³/mol. The van der Waals surface area contributed by atoms with E-state index >= 15 is 0 Å². The first-order valence-corrected chi connectivity index (χ1v) is 9.29. The second kappa shape index (κ2) is 9.32. The largest absolute Gasteiger partial charge is 0.480 e. The van der Waals surface area contributed by atoms with Crippen molar-refractivity contribution in [2.45, 2.75) is 51.4 Å². The van der Waals surface area contributed by atoms with Crippen LogP contribution in [0.4, 0.5) is 10.5 Å². The number of guanidine groups is 1. The van der Waals surface area contributed by atoms with Crippen molar-refractivity contribution >= 4 is 35.5 Å². The molecule has 3 amide bonds. The van der Waals surface area contributed by atoms with E-state index in [9.17, 15) is 24.3 Å². The summed E-state index contributed by atoms with van der Waals surface area (Å²) in [5.41, 5.74) is 10.3. The molecule has 0 saturated heterocycles. The Hall–Kier alpha value is -3.83. The minimum absolute atomic E-state index is 0.0653. The van der Waals surface area contributed by atoms with Crippen LogP contribution >= 0.6 is 0 Å². The Labute approximate surface area is 178 Å². The van der Waals surface area contributed by atoms with Gasteiger partial charge in [0, 0.05) is 6.42 Å². The van der Waals surface area contributed by atoms with Crippen molar-refractivity contribution in [3.8, 4) is 5.75 Å². The summed E-state index contributed by atoms with van der Waals surface area (Å²) in [5, 5.41) is 14.3. The topological polar surface area (TPSA) is 195 Å². The molecule has 1 aliphatic heterocycles. The standard InChI is InChI=1S/C19H25N5O7/c1-19(2,3)31-18(29)23-11(16(27)28)7-9-4-5-12-10(6-9)22-15(26)13(30-12)8-14(25)24-17(20)21/h4-6,11,13H,7-8H2,1-3H3,(H,22,26)(H,23,29)(H,27,28)(H4,20,21,24,25). The van der Waals surface area contributed by atoms with Gasteiger partial charge in [-0.1, -0.05) is 6.07 Å². The van der Waals surface area contributed by atoms with Crippen LogP contribution in [0.5, 0.6) is 5.75 Å². The summed E-state index contributed by atoms with van der Waals surface area (Å²) < 4.78 is 10.6. The maximum absolute atomic E-state index is 12.2. The highest BCUT2D eigenvalue weighted by Crippen LogP contribution is 2.31. The molecule has 0 spiro atoms. The molecule has 168 valence electrons. The summed E-state index contributed by atoms with van der Waals surface area (Å²) in [5.74, 6) is -2.66. The maximum Gasteiger partial charge on any atom is 0.408 e. The fourth-order valence-electron chi connectivity index (χ4n) is 2.69. The molecule has 2 rings (SSSR count). The molecule has 0 fully saturated rings. The molecule has 12 nitrogen and oxygen atoms in total. The number of carboxylic acids is 1. The fourth-order valence-corrected chi connectivity index (χ4v) is 2.69. The van der Waals surface area contributed by atoms with E-state index in [0.717, 1.165) is 0 Å². The second-order valence-corrected chi connectivity index (χ2v) is 7.80. The molecule has 0 aromatic heterocycles. The van der Waals surface area contributed by atoms with E-state index in [1.807, 2.05) is 0 Å². The average molecular weight is 435 g/mol. The fraction of sp³-hybridized carbons (Fsp3) is 0.421. The normalized spacial score (nSPS) is 16.1. The van der Waals surface area contributed by atoms with Gasteiger partial charge in [-0.05, 0) is 38.5 Å². The van der Waals surface area contributed by atoms with Gasteiger partial charge in [-0.25, -0.2) is 9.59 Å². The van der Waals surface area contributed by atoms with Crippen LogP contribution in [0.25, 0.3) is 0 Å². The first kappa shape index (κ1) is 23.4. The highest BCUT2D eigenvalue weighted by atomic mass is 16.6. The number of anilines is 1. The molecule has 2 unspecified atom stereocenters. The molecule has 1 aromatic carbocycles. The summed E-state index contributed by atoms with van der Waals surface area (Å²) in [6, 6.07) is 3.37. The number of hydrogen-bond acceptors (Lipinski definition) is 6. The second-order valence-electron chi connectivity index (χ2n) is 7.80. The number of carbonyl (C=O) groups excluding carboxylic acids is 3. The monoisotopic (exact) mass is 435 g/mol. The van der Waals surface area contributed by atoms with Gasteiger partial charge in [0.05, 0.1) is 12.1 Å². The summed E-state index contributed by atoms with van der Waals surface area (Å²) in [7, 11) is 0. The Morgan fingerprint density at radius 3 is 2.58 bits per heavy atom. The van der Waals surface area contributed by atoms with Crippen molar-refractivity contribution in [2.24, 2.45) is 16.5 Å². The van der Waals surface area contributed by atoms with Crippen LogP contribution in [-0.4, -0.2) is 52.7 Å². The minimum atomic E-state index is -1.25. The molecule has 31 heavy (non-hydrogen) atoms. The Morgan fingerprint density at radius 1 is 1.32 bits per heavy atom. The zero-order chi connectivity index (χ0) is 23.3. The molecule has 0 saturated carbocycles. The summed E-state index contributed by atoms with van der Waals surface area (Å²) in [6.07, 6.45) is -2.40. The van der Waals surface area contributed by atoms with Crippen molar-refractivity contribution in [3.05, 3.63) is 23.8 Å². The van der Waals surface area contributed by atoms with Crippen LogP contribution in [0.2, 0.25) is 0 Å². The average Bonchev–Trinajstić information content (AvgIpc) is 2.59. The quantitative estimate of drug-likeness (QED) is 0.304. The molecule has 1 aliphatic rings. The van der Waals surface area contributed by atoms with Gasteiger partial charge in [-0.2, -0.15) is 4.99 Å². The van der Waals surface area contributed by atoms with E-state index in [0.29, 0.717) is 11.3 Å². The number of fused-ring (bicyclic) bond motifs is 1. The van der Waals surface area contributed by atoms with Gasteiger partial charge in [0.15, 0.2) is 12.1 Å². The van der Waals surface area contributed by atoms with E-state index in [1.54, 1.807) is 26.8 Å². The van der Waals surface area contributed by atoms with E-state index in [1.165, 1.54) is 12.1 Å². The van der Waals surface area contributed by atoms with Crippen LogP contribution in [0.1, 0.15) is 32.8 Å². The number of aliphatic carboxylic acids is 1. The van der Waals surface area contributed by atoms with Gasteiger partial charge in [0.1, 0.15) is 17.4 Å². The smallest absolute Gasteiger partial charge is 0.408 e. The molecule has 7 N–H and O–H groups in total. The third kappa shape index (κ3) is 7.17. The van der Waals surface area contributed by atoms with Crippen LogP contribution in [0.3, 0.4) is 0 Å². The number of rotatable bonds is 6. The first-order chi connectivity index (χ1) is 14.3. The summed E-state index contributed by atoms with van der Waals surface area (Å²) in [4.78, 5) is 50.7. The Balaban J connectivity index is 2.09. The SMILES string of the molecule is CC(C)(C)OC(=O)NC(Cc1ccc2c(c1)NC(=O)C(CC(=O)N=C(N)N)O2)C(=O)O. The van der Waals surface area contributed by atoms with Crippen molar-refractivity contribution in [1.29, 1.82) is 0 Å². The predicted octanol–water partition coefficient (Wildman–Crippen LogP) is 0.0966. The van der Waals surface area contributed by atoms with E-state index in [-0.39, 0.29) is 18.6 Å². The highest BCUT2D eigenvalue weighted by Gasteiger charge is 2.30. The van der Waals surface area contributed by atoms with Crippen molar-refractivity contribution in [3.63, 3.8) is 0 Å². The third-order valence-corrected chi connectivity index (χ3v) is 3.91. The van der Waals surface area contributed by atoms with Gasteiger partial charge >= 0.3 is 12.1 Å². The number of carbonyl (C=O) groups is 4. The lowest BCUT2D eigenvalue weighted by molar-refractivity contribution is -0.139. The van der Waals surface area contributed by atoms with Gasteiger partial charge in [0.2, 0.25) is 0 Å². The zero-order valence-corrected chi connectivity index (χ0v) is 17.3. The number of benzene rings is 1. The number of carboxylic acid groups (broad SMARTS) is 1. The number of hydrogen-bond donors (Lipinski definition) is 5. The van der Waals surface area contributed by atoms with Crippen LogP contribution in [0, 0.1) is 0 Å². The van der Waals surface area contributed by atoms with Crippen molar-refractivity contribution in [1.82, 2.24) is 5.32 Å². The lowest BCUT2D eigenvalue weighted by Crippen LogP contribution is -2.44. The molecule has 1 aromatic rings. The molecule has 1 heterocycles. The molecule has 0 bridgehead atoms. The third-order valence-electron chi connectivity index (χ3n) is 3.91. The van der Waals surface area contributed by atoms with E-state index in [4.69, 9.17) is 20.9 Å². The molecule has 2 atom stereocenters. The lowest BCUT2D eigenvalue weighted by Gasteiger charge is -2.26. The molecule has 0 aliphatic carbocycles. The molecule has 12 heteroatoms. The number of amides is 3.